The molecule has 1 amide bonds. The van der Waals surface area contributed by atoms with E-state index >= 15 is 0 Å². The van der Waals surface area contributed by atoms with Crippen LogP contribution in [0.25, 0.3) is 0 Å². The molecule has 0 aliphatic carbocycles. The maximum atomic E-state index is 13.5. The maximum absolute atomic E-state index is 13.5. The first kappa shape index (κ1) is 20.8. The zero-order valence-corrected chi connectivity index (χ0v) is 18.0. The average Bonchev–Trinajstić information content (AvgIpc) is 2.82. The fourth-order valence-electron chi connectivity index (χ4n) is 3.92. The molecule has 0 fully saturated rings. The number of benzene rings is 2. The van der Waals surface area contributed by atoms with E-state index in [0.29, 0.717) is 25.6 Å². The Labute approximate surface area is 183 Å². The van der Waals surface area contributed by atoms with Crippen molar-refractivity contribution in [1.82, 2.24) is 14.9 Å². The molecule has 31 heavy (non-hydrogen) atoms. The van der Waals surface area contributed by atoms with Gasteiger partial charge in [0.05, 0.1) is 6.04 Å². The molecule has 0 radical (unpaired) electrons. The number of carbonyl (C=O) groups excluding carboxylic acids is 1. The van der Waals surface area contributed by atoms with E-state index in [9.17, 15) is 4.79 Å². The Kier molecular flexibility index (Phi) is 6.46. The second-order valence-electron chi connectivity index (χ2n) is 8.22. The third kappa shape index (κ3) is 5.02. The van der Waals surface area contributed by atoms with E-state index in [4.69, 9.17) is 4.74 Å². The van der Waals surface area contributed by atoms with Crippen LogP contribution in [-0.4, -0.2) is 33.4 Å². The number of ether oxygens (including phenoxy) is 1. The van der Waals surface area contributed by atoms with Gasteiger partial charge in [-0.3, -0.25) is 4.79 Å². The van der Waals surface area contributed by atoms with Crippen LogP contribution in [0.4, 0.5) is 5.69 Å². The van der Waals surface area contributed by atoms with Crippen LogP contribution < -0.4 is 10.1 Å². The van der Waals surface area contributed by atoms with E-state index in [1.54, 1.807) is 18.5 Å². The number of nitrogens with one attached hydrogen (secondary N) is 1. The van der Waals surface area contributed by atoms with Crippen molar-refractivity contribution in [2.45, 2.75) is 39.4 Å². The number of carbonyl (C=O) groups is 1. The van der Waals surface area contributed by atoms with E-state index in [1.807, 2.05) is 35.2 Å². The highest BCUT2D eigenvalue weighted by molar-refractivity contribution is 5.90. The van der Waals surface area contributed by atoms with Gasteiger partial charge < -0.3 is 15.0 Å². The number of aromatic nitrogens is 2. The first-order chi connectivity index (χ1) is 15.1. The molecule has 0 spiro atoms. The average molecular weight is 417 g/mol. The molecule has 4 rings (SSSR count). The number of hydrogen-bond acceptors (Lipinski definition) is 5. The standard InChI is InChI=1S/C25H28N4O2/c1-18(2)14-21-17-31-23-11-6-4-8-19(23)15-28-22-10-5-3-9-20(22)16-29(21)25(30)24-26-12-7-13-27-24/h3-13,18,21,28H,14-17H2,1-2H3/t21-/m0/s1. The van der Waals surface area contributed by atoms with Gasteiger partial charge in [-0.05, 0) is 36.1 Å². The van der Waals surface area contributed by atoms with Crippen LogP contribution in [0.2, 0.25) is 0 Å². The van der Waals surface area contributed by atoms with E-state index in [-0.39, 0.29) is 17.8 Å². The molecular formula is C25H28N4O2. The number of amides is 1. The lowest BCUT2D eigenvalue weighted by molar-refractivity contribution is 0.0545. The molecule has 1 aliphatic rings. The third-order valence-electron chi connectivity index (χ3n) is 5.43. The quantitative estimate of drug-likeness (QED) is 0.679. The van der Waals surface area contributed by atoms with Gasteiger partial charge in [-0.15, -0.1) is 0 Å². The molecule has 1 N–H and O–H groups in total. The van der Waals surface area contributed by atoms with E-state index < -0.39 is 0 Å². The Hall–Kier alpha value is -3.41. The topological polar surface area (TPSA) is 67.3 Å². The van der Waals surface area contributed by atoms with Crippen molar-refractivity contribution in [2.75, 3.05) is 11.9 Å². The lowest BCUT2D eigenvalue weighted by atomic mass is 10.0. The summed E-state index contributed by atoms with van der Waals surface area (Å²) in [5, 5.41) is 3.52. The Morgan fingerprint density at radius 2 is 1.77 bits per heavy atom. The molecule has 3 aromatic rings. The molecule has 6 heteroatoms. The van der Waals surface area contributed by atoms with Gasteiger partial charge >= 0.3 is 0 Å². The molecule has 2 heterocycles. The smallest absolute Gasteiger partial charge is 0.292 e. The van der Waals surface area contributed by atoms with Crippen LogP contribution in [0.1, 0.15) is 42.0 Å². The summed E-state index contributed by atoms with van der Waals surface area (Å²) in [6.07, 6.45) is 4.02. The van der Waals surface area contributed by atoms with Gasteiger partial charge in [0.15, 0.2) is 0 Å². The fraction of sp³-hybridized carbons (Fsp3) is 0.320. The SMILES string of the molecule is CC(C)C[C@H]1COc2ccccc2CNc2ccccc2CN1C(=O)c1ncccn1. The number of nitrogens with zero attached hydrogens (tertiary/aromatic N) is 3. The molecule has 6 nitrogen and oxygen atoms in total. The number of fused-ring (bicyclic) bond motifs is 2. The van der Waals surface area contributed by atoms with Crippen LogP contribution in [0.5, 0.6) is 5.75 Å². The molecule has 1 atom stereocenters. The minimum absolute atomic E-state index is 0.115. The van der Waals surface area contributed by atoms with Crippen molar-refractivity contribution in [3.05, 3.63) is 83.9 Å². The van der Waals surface area contributed by atoms with Gasteiger partial charge in [0, 0.05) is 36.7 Å². The molecule has 1 aromatic heterocycles. The zero-order chi connectivity index (χ0) is 21.6. The van der Waals surface area contributed by atoms with E-state index in [0.717, 1.165) is 29.0 Å². The minimum Gasteiger partial charge on any atom is -0.491 e. The van der Waals surface area contributed by atoms with Crippen molar-refractivity contribution >= 4 is 11.6 Å². The molecule has 1 aliphatic heterocycles. The van der Waals surface area contributed by atoms with Crippen LogP contribution in [0, 0.1) is 5.92 Å². The predicted molar refractivity (Wildman–Crippen MR) is 121 cm³/mol. The fourth-order valence-corrected chi connectivity index (χ4v) is 3.92. The van der Waals surface area contributed by atoms with Crippen molar-refractivity contribution in [3.63, 3.8) is 0 Å². The number of para-hydroxylation sites is 2. The van der Waals surface area contributed by atoms with Gasteiger partial charge in [0.2, 0.25) is 5.82 Å². The monoisotopic (exact) mass is 416 g/mol. The summed E-state index contributed by atoms with van der Waals surface area (Å²) < 4.78 is 6.27. The highest BCUT2D eigenvalue weighted by Crippen LogP contribution is 2.27. The Morgan fingerprint density at radius 1 is 1.06 bits per heavy atom. The summed E-state index contributed by atoms with van der Waals surface area (Å²) in [5.74, 6) is 1.26. The minimum atomic E-state index is -0.183. The molecule has 0 saturated heterocycles. The van der Waals surface area contributed by atoms with Crippen LogP contribution in [0.15, 0.2) is 67.0 Å². The van der Waals surface area contributed by atoms with Crippen LogP contribution in [0.3, 0.4) is 0 Å². The molecular weight excluding hydrogens is 388 g/mol. The van der Waals surface area contributed by atoms with Gasteiger partial charge in [0.25, 0.3) is 5.91 Å². The Bertz CT molecular complexity index is 1020. The Morgan fingerprint density at radius 3 is 2.55 bits per heavy atom. The first-order valence-electron chi connectivity index (χ1n) is 10.7. The largest absolute Gasteiger partial charge is 0.491 e. The second kappa shape index (κ2) is 9.60. The highest BCUT2D eigenvalue weighted by Gasteiger charge is 2.29. The Balaban J connectivity index is 1.77. The normalized spacial score (nSPS) is 16.4. The van der Waals surface area contributed by atoms with Crippen molar-refractivity contribution in [2.24, 2.45) is 5.92 Å². The lowest BCUT2D eigenvalue weighted by Gasteiger charge is -2.33. The first-order valence-corrected chi connectivity index (χ1v) is 10.7. The molecule has 160 valence electrons. The van der Waals surface area contributed by atoms with Gasteiger partial charge in [-0.25, -0.2) is 9.97 Å². The van der Waals surface area contributed by atoms with Crippen molar-refractivity contribution < 1.29 is 9.53 Å². The summed E-state index contributed by atoms with van der Waals surface area (Å²) in [7, 11) is 0. The van der Waals surface area contributed by atoms with Gasteiger partial charge in [0.1, 0.15) is 12.4 Å². The molecule has 0 saturated carbocycles. The van der Waals surface area contributed by atoms with Crippen LogP contribution >= 0.6 is 0 Å². The summed E-state index contributed by atoms with van der Waals surface area (Å²) in [6.45, 7) is 5.84. The highest BCUT2D eigenvalue weighted by atomic mass is 16.5. The summed E-state index contributed by atoms with van der Waals surface area (Å²) in [6, 6.07) is 17.8. The third-order valence-corrected chi connectivity index (χ3v) is 5.43. The van der Waals surface area contributed by atoms with Gasteiger partial charge in [-0.2, -0.15) is 0 Å². The predicted octanol–water partition coefficient (Wildman–Crippen LogP) is 4.54. The number of rotatable bonds is 3. The van der Waals surface area contributed by atoms with Crippen molar-refractivity contribution in [1.29, 1.82) is 0 Å². The molecule has 0 bridgehead atoms. The maximum Gasteiger partial charge on any atom is 0.292 e. The van der Waals surface area contributed by atoms with Gasteiger partial charge in [-0.1, -0.05) is 50.2 Å². The summed E-state index contributed by atoms with van der Waals surface area (Å²) in [5.41, 5.74) is 3.15. The van der Waals surface area contributed by atoms with E-state index in [1.165, 1.54) is 0 Å². The number of hydrogen-bond donors (Lipinski definition) is 1. The zero-order valence-electron chi connectivity index (χ0n) is 18.0. The number of anilines is 1. The lowest BCUT2D eigenvalue weighted by Crippen LogP contribution is -2.44. The second-order valence-corrected chi connectivity index (χ2v) is 8.22. The summed E-state index contributed by atoms with van der Waals surface area (Å²) >= 11 is 0. The van der Waals surface area contributed by atoms with E-state index in [2.05, 4.69) is 47.3 Å². The summed E-state index contributed by atoms with van der Waals surface area (Å²) in [4.78, 5) is 23.8. The van der Waals surface area contributed by atoms with Crippen molar-refractivity contribution in [3.8, 4) is 5.75 Å². The molecule has 0 unspecified atom stereocenters. The van der Waals surface area contributed by atoms with Crippen LogP contribution in [-0.2, 0) is 13.1 Å². The molecule has 2 aromatic carbocycles.